The molecule has 0 saturated carbocycles. The fourth-order valence-corrected chi connectivity index (χ4v) is 2.74. The van der Waals surface area contributed by atoms with E-state index in [9.17, 15) is 5.11 Å². The van der Waals surface area contributed by atoms with E-state index in [0.29, 0.717) is 5.75 Å². The first-order valence-electron chi connectivity index (χ1n) is 5.19. The molecule has 0 bridgehead atoms. The van der Waals surface area contributed by atoms with E-state index >= 15 is 0 Å². The van der Waals surface area contributed by atoms with E-state index < -0.39 is 0 Å². The molecule has 0 fully saturated rings. The van der Waals surface area contributed by atoms with E-state index in [1.807, 2.05) is 31.2 Å². The van der Waals surface area contributed by atoms with Gasteiger partial charge in [-0.05, 0) is 41.4 Å². The predicted molar refractivity (Wildman–Crippen MR) is 73.6 cm³/mol. The predicted octanol–water partition coefficient (Wildman–Crippen LogP) is 3.71. The minimum atomic E-state index is -0.280. The lowest BCUT2D eigenvalue weighted by Crippen LogP contribution is -2.09. The summed E-state index contributed by atoms with van der Waals surface area (Å²) in [5, 5.41) is 9.72. The van der Waals surface area contributed by atoms with Gasteiger partial charge in [0.05, 0.1) is 6.10 Å². The van der Waals surface area contributed by atoms with Crippen LogP contribution < -0.4 is 0 Å². The first-order chi connectivity index (χ1) is 7.74. The van der Waals surface area contributed by atoms with Gasteiger partial charge in [0.1, 0.15) is 0 Å². The highest BCUT2D eigenvalue weighted by atomic mass is 79.9. The van der Waals surface area contributed by atoms with Crippen LogP contribution in [0.2, 0.25) is 0 Å². The van der Waals surface area contributed by atoms with Crippen molar-refractivity contribution in [1.29, 1.82) is 0 Å². The van der Waals surface area contributed by atoms with E-state index in [1.54, 1.807) is 11.8 Å². The molecule has 1 aromatic carbocycles. The maximum absolute atomic E-state index is 9.72. The Bertz CT molecular complexity index is 381. The summed E-state index contributed by atoms with van der Waals surface area (Å²) in [7, 11) is 0. The zero-order chi connectivity index (χ0) is 11.8. The average Bonchev–Trinajstić information content (AvgIpc) is 2.28. The van der Waals surface area contributed by atoms with Crippen molar-refractivity contribution in [2.75, 3.05) is 5.75 Å². The molecule has 1 aromatic rings. The normalized spacial score (nSPS) is 11.7. The van der Waals surface area contributed by atoms with E-state index in [1.165, 1.54) is 4.90 Å². The smallest absolute Gasteiger partial charge is 0.0643 e. The van der Waals surface area contributed by atoms with Gasteiger partial charge in [-0.3, -0.25) is 0 Å². The van der Waals surface area contributed by atoms with Crippen molar-refractivity contribution in [2.45, 2.75) is 30.8 Å². The van der Waals surface area contributed by atoms with Crippen LogP contribution in [0.3, 0.4) is 0 Å². The Hall–Kier alpha value is -0.430. The molecule has 3 heteroatoms. The summed E-state index contributed by atoms with van der Waals surface area (Å²) in [5.41, 5.74) is 0. The average molecular weight is 299 g/mol. The van der Waals surface area contributed by atoms with Crippen LogP contribution in [0.4, 0.5) is 0 Å². The first kappa shape index (κ1) is 13.6. The summed E-state index contributed by atoms with van der Waals surface area (Å²) in [6.07, 6.45) is 1.24. The van der Waals surface area contributed by atoms with Crippen LogP contribution >= 0.6 is 27.7 Å². The van der Waals surface area contributed by atoms with E-state index in [4.69, 9.17) is 0 Å². The van der Waals surface area contributed by atoms with Gasteiger partial charge in [-0.2, -0.15) is 0 Å². The molecule has 1 atom stereocenters. The lowest BCUT2D eigenvalue weighted by molar-refractivity contribution is 0.191. The fraction of sp³-hybridized carbons (Fsp3) is 0.385. The molecule has 1 nitrogen and oxygen atoms in total. The summed E-state index contributed by atoms with van der Waals surface area (Å²) in [6.45, 7) is 1.82. The van der Waals surface area contributed by atoms with Crippen LogP contribution in [0.25, 0.3) is 0 Å². The molecule has 0 aromatic heterocycles. The number of aliphatic hydroxyl groups is 1. The molecule has 0 saturated heterocycles. The molecule has 0 aliphatic carbocycles. The van der Waals surface area contributed by atoms with E-state index in [2.05, 4.69) is 27.8 Å². The highest BCUT2D eigenvalue weighted by Crippen LogP contribution is 2.27. The minimum absolute atomic E-state index is 0.280. The molecule has 0 spiro atoms. The Balaban J connectivity index is 2.33. The van der Waals surface area contributed by atoms with Crippen LogP contribution in [-0.4, -0.2) is 17.0 Å². The van der Waals surface area contributed by atoms with Crippen LogP contribution in [0.15, 0.2) is 33.6 Å². The molecule has 16 heavy (non-hydrogen) atoms. The quantitative estimate of drug-likeness (QED) is 0.661. The Morgan fingerprint density at radius 1 is 1.44 bits per heavy atom. The van der Waals surface area contributed by atoms with Gasteiger partial charge in [-0.1, -0.05) is 12.1 Å². The summed E-state index contributed by atoms with van der Waals surface area (Å²) in [5.74, 6) is 6.51. The van der Waals surface area contributed by atoms with Crippen LogP contribution in [-0.2, 0) is 0 Å². The Morgan fingerprint density at radius 2 is 2.19 bits per heavy atom. The number of benzene rings is 1. The van der Waals surface area contributed by atoms with Gasteiger partial charge in [-0.25, -0.2) is 0 Å². The molecular formula is C13H15BrOS. The highest BCUT2D eigenvalue weighted by Gasteiger charge is 2.05. The van der Waals surface area contributed by atoms with Gasteiger partial charge in [-0.15, -0.1) is 23.6 Å². The first-order valence-corrected chi connectivity index (χ1v) is 6.97. The van der Waals surface area contributed by atoms with E-state index in [0.717, 1.165) is 17.3 Å². The van der Waals surface area contributed by atoms with Gasteiger partial charge >= 0.3 is 0 Å². The third-order valence-electron chi connectivity index (χ3n) is 2.05. The Kier molecular flexibility index (Phi) is 6.63. The van der Waals surface area contributed by atoms with Crippen molar-refractivity contribution in [3.05, 3.63) is 28.7 Å². The maximum Gasteiger partial charge on any atom is 0.0643 e. The number of rotatable bonds is 5. The third kappa shape index (κ3) is 5.07. The van der Waals surface area contributed by atoms with Gasteiger partial charge in [0, 0.05) is 21.5 Å². The number of hydrogen-bond donors (Lipinski definition) is 1. The Labute approximate surface area is 110 Å². The molecular weight excluding hydrogens is 284 g/mol. The maximum atomic E-state index is 9.72. The lowest BCUT2D eigenvalue weighted by atomic mass is 10.2. The summed E-state index contributed by atoms with van der Waals surface area (Å²) < 4.78 is 1.08. The van der Waals surface area contributed by atoms with Crippen LogP contribution in [0.5, 0.6) is 0 Å². The summed E-state index contributed by atoms with van der Waals surface area (Å²) >= 11 is 5.15. The molecule has 0 aliphatic rings. The number of thioether (sulfide) groups is 1. The molecule has 1 unspecified atom stereocenters. The van der Waals surface area contributed by atoms with Crippen molar-refractivity contribution in [3.63, 3.8) is 0 Å². The lowest BCUT2D eigenvalue weighted by Gasteiger charge is -2.09. The van der Waals surface area contributed by atoms with Gasteiger partial charge in [0.25, 0.3) is 0 Å². The molecule has 1 N–H and O–H groups in total. The van der Waals surface area contributed by atoms with Crippen LogP contribution in [0.1, 0.15) is 19.8 Å². The minimum Gasteiger partial charge on any atom is -0.392 e. The molecule has 86 valence electrons. The largest absolute Gasteiger partial charge is 0.392 e. The zero-order valence-corrected chi connectivity index (χ0v) is 11.6. The second kappa shape index (κ2) is 7.78. The van der Waals surface area contributed by atoms with Crippen molar-refractivity contribution < 1.29 is 5.11 Å². The molecule has 0 heterocycles. The molecule has 0 amide bonds. The third-order valence-corrected chi connectivity index (χ3v) is 4.22. The molecule has 0 radical (unpaired) electrons. The summed E-state index contributed by atoms with van der Waals surface area (Å²) in [6, 6.07) is 8.05. The molecule has 0 aliphatic heterocycles. The van der Waals surface area contributed by atoms with Gasteiger partial charge in [0.15, 0.2) is 0 Å². The Morgan fingerprint density at radius 3 is 2.88 bits per heavy atom. The molecule has 1 rings (SSSR count). The van der Waals surface area contributed by atoms with Gasteiger partial charge < -0.3 is 5.11 Å². The summed E-state index contributed by atoms with van der Waals surface area (Å²) in [4.78, 5) is 1.17. The topological polar surface area (TPSA) is 20.2 Å². The second-order valence-corrected chi connectivity index (χ2v) is 5.28. The van der Waals surface area contributed by atoms with Crippen molar-refractivity contribution in [2.24, 2.45) is 0 Å². The van der Waals surface area contributed by atoms with Crippen molar-refractivity contribution in [1.82, 2.24) is 0 Å². The standard InChI is InChI=1S/C13H15BrOS/c1-2-3-4-7-11(15)10-16-13-9-6-5-8-12(13)14/h5-6,8-9,11,15H,4,7,10H2,1H3. The fourth-order valence-electron chi connectivity index (χ4n) is 1.19. The van der Waals surface area contributed by atoms with Crippen LogP contribution in [0, 0.1) is 11.8 Å². The van der Waals surface area contributed by atoms with Crippen molar-refractivity contribution >= 4 is 27.7 Å². The highest BCUT2D eigenvalue weighted by molar-refractivity contribution is 9.10. The number of halogens is 1. The zero-order valence-electron chi connectivity index (χ0n) is 9.24. The monoisotopic (exact) mass is 298 g/mol. The SMILES string of the molecule is CC#CCCC(O)CSc1ccccc1Br. The van der Waals surface area contributed by atoms with E-state index in [-0.39, 0.29) is 6.10 Å². The second-order valence-electron chi connectivity index (χ2n) is 3.36. The van der Waals surface area contributed by atoms with Crippen molar-refractivity contribution in [3.8, 4) is 11.8 Å². The number of aliphatic hydroxyl groups excluding tert-OH is 1. The van der Waals surface area contributed by atoms with Gasteiger partial charge in [0.2, 0.25) is 0 Å². The number of hydrogen-bond acceptors (Lipinski definition) is 2.